The highest BCUT2D eigenvalue weighted by molar-refractivity contribution is 7.18. The molecule has 5 heteroatoms. The number of rotatable bonds is 4. The van der Waals surface area contributed by atoms with Crippen molar-refractivity contribution in [1.82, 2.24) is 14.8 Å². The van der Waals surface area contributed by atoms with E-state index in [1.54, 1.807) is 11.3 Å². The van der Waals surface area contributed by atoms with Gasteiger partial charge >= 0.3 is 0 Å². The number of aromatic nitrogens is 1. The van der Waals surface area contributed by atoms with E-state index in [1.165, 1.54) is 12.8 Å². The molecule has 2 aromatic rings. The minimum Gasteiger partial charge on any atom is -0.337 e. The number of nitrogens with zero attached hydrogens (tertiary/aromatic N) is 3. The number of likely N-dealkylation sites (tertiary alicyclic amines) is 1. The summed E-state index contributed by atoms with van der Waals surface area (Å²) in [5.41, 5.74) is 1.70. The van der Waals surface area contributed by atoms with Gasteiger partial charge in [0, 0.05) is 24.7 Å². The van der Waals surface area contributed by atoms with Crippen LogP contribution in [-0.4, -0.2) is 53.9 Å². The van der Waals surface area contributed by atoms with Crippen LogP contribution in [0, 0.1) is 12.8 Å². The molecule has 0 radical (unpaired) electrons. The highest BCUT2D eigenvalue weighted by Crippen LogP contribution is 2.27. The van der Waals surface area contributed by atoms with Crippen LogP contribution >= 0.6 is 11.3 Å². The molecule has 23 heavy (non-hydrogen) atoms. The molecule has 0 aliphatic carbocycles. The lowest BCUT2D eigenvalue weighted by molar-refractivity contribution is 0.0781. The number of carbonyl (C=O) groups excluding carboxylic acids is 1. The Morgan fingerprint density at radius 3 is 2.87 bits per heavy atom. The van der Waals surface area contributed by atoms with Crippen molar-refractivity contribution in [1.29, 1.82) is 0 Å². The summed E-state index contributed by atoms with van der Waals surface area (Å²) >= 11 is 1.67. The van der Waals surface area contributed by atoms with Crippen molar-refractivity contribution in [3.8, 4) is 0 Å². The van der Waals surface area contributed by atoms with Crippen LogP contribution in [0.4, 0.5) is 0 Å². The molecule has 3 rings (SSSR count). The van der Waals surface area contributed by atoms with Gasteiger partial charge in [0.15, 0.2) is 0 Å². The summed E-state index contributed by atoms with van der Waals surface area (Å²) in [6.07, 6.45) is 2.35. The smallest absolute Gasteiger partial charge is 0.253 e. The van der Waals surface area contributed by atoms with Gasteiger partial charge in [0.05, 0.1) is 15.2 Å². The molecule has 1 aliphatic rings. The molecule has 0 unspecified atom stereocenters. The van der Waals surface area contributed by atoms with E-state index in [0.717, 1.165) is 33.9 Å². The molecule has 1 amide bonds. The minimum atomic E-state index is 0.142. The zero-order valence-corrected chi connectivity index (χ0v) is 15.2. The van der Waals surface area contributed by atoms with Gasteiger partial charge in [0.2, 0.25) is 0 Å². The van der Waals surface area contributed by atoms with Crippen LogP contribution < -0.4 is 0 Å². The standard InChI is InChI=1S/C18H25N3OS/c1-5-6-14-10-21(11-16(14)20(3)4)18(22)13-7-8-17-15(9-13)19-12(2)23-17/h7-9,14,16H,5-6,10-11H2,1-4H3/t14-,16-/m1/s1. The van der Waals surface area contributed by atoms with Crippen molar-refractivity contribution in [2.75, 3.05) is 27.2 Å². The second kappa shape index (κ2) is 6.57. The summed E-state index contributed by atoms with van der Waals surface area (Å²) < 4.78 is 1.15. The topological polar surface area (TPSA) is 36.4 Å². The molecular formula is C18H25N3OS. The fourth-order valence-corrected chi connectivity index (χ4v) is 4.43. The number of likely N-dealkylation sites (N-methyl/N-ethyl adjacent to an activating group) is 1. The summed E-state index contributed by atoms with van der Waals surface area (Å²) in [6.45, 7) is 5.91. The average Bonchev–Trinajstić information content (AvgIpc) is 3.08. The molecule has 1 aromatic heterocycles. The van der Waals surface area contributed by atoms with Crippen molar-refractivity contribution >= 4 is 27.5 Å². The van der Waals surface area contributed by atoms with E-state index in [1.807, 2.05) is 30.0 Å². The van der Waals surface area contributed by atoms with E-state index in [4.69, 9.17) is 0 Å². The lowest BCUT2D eigenvalue weighted by Crippen LogP contribution is -2.36. The van der Waals surface area contributed by atoms with Crippen LogP contribution in [0.5, 0.6) is 0 Å². The van der Waals surface area contributed by atoms with E-state index < -0.39 is 0 Å². The second-order valence-corrected chi connectivity index (χ2v) is 7.94. The Bertz CT molecular complexity index is 709. The minimum absolute atomic E-state index is 0.142. The molecule has 0 bridgehead atoms. The predicted molar refractivity (Wildman–Crippen MR) is 96.1 cm³/mol. The van der Waals surface area contributed by atoms with Gasteiger partial charge in [0.1, 0.15) is 0 Å². The predicted octanol–water partition coefficient (Wildman–Crippen LogP) is 3.41. The largest absolute Gasteiger partial charge is 0.337 e. The highest BCUT2D eigenvalue weighted by Gasteiger charge is 2.36. The van der Waals surface area contributed by atoms with Gasteiger partial charge in [-0.2, -0.15) is 0 Å². The van der Waals surface area contributed by atoms with Crippen molar-refractivity contribution in [3.63, 3.8) is 0 Å². The van der Waals surface area contributed by atoms with Gasteiger partial charge in [-0.3, -0.25) is 4.79 Å². The Hall–Kier alpha value is -1.46. The molecule has 2 atom stereocenters. The lowest BCUT2D eigenvalue weighted by atomic mass is 9.98. The van der Waals surface area contributed by atoms with Crippen molar-refractivity contribution in [2.24, 2.45) is 5.92 Å². The molecule has 4 nitrogen and oxygen atoms in total. The van der Waals surface area contributed by atoms with Crippen molar-refractivity contribution in [2.45, 2.75) is 32.7 Å². The van der Waals surface area contributed by atoms with Gasteiger partial charge < -0.3 is 9.80 Å². The number of hydrogen-bond acceptors (Lipinski definition) is 4. The van der Waals surface area contributed by atoms with E-state index in [2.05, 4.69) is 30.9 Å². The Morgan fingerprint density at radius 1 is 1.39 bits per heavy atom. The summed E-state index contributed by atoms with van der Waals surface area (Å²) in [4.78, 5) is 21.7. The molecule has 2 heterocycles. The van der Waals surface area contributed by atoms with Gasteiger partial charge in [-0.15, -0.1) is 11.3 Å². The Labute approximate surface area is 142 Å². The Morgan fingerprint density at radius 2 is 2.17 bits per heavy atom. The van der Waals surface area contributed by atoms with Crippen molar-refractivity contribution in [3.05, 3.63) is 28.8 Å². The zero-order valence-electron chi connectivity index (χ0n) is 14.4. The van der Waals surface area contributed by atoms with Crippen LogP contribution in [-0.2, 0) is 0 Å². The maximum absolute atomic E-state index is 12.9. The number of amides is 1. The molecule has 124 valence electrons. The molecule has 1 saturated heterocycles. The van der Waals surface area contributed by atoms with E-state index in [9.17, 15) is 4.79 Å². The van der Waals surface area contributed by atoms with Crippen LogP contribution in [0.25, 0.3) is 10.2 Å². The van der Waals surface area contributed by atoms with Crippen LogP contribution in [0.3, 0.4) is 0 Å². The van der Waals surface area contributed by atoms with Crippen molar-refractivity contribution < 1.29 is 4.79 Å². The third-order valence-electron chi connectivity index (χ3n) is 4.76. The molecule has 1 aliphatic heterocycles. The fraction of sp³-hybridized carbons (Fsp3) is 0.556. The first-order valence-electron chi connectivity index (χ1n) is 8.32. The number of hydrogen-bond donors (Lipinski definition) is 0. The van der Waals surface area contributed by atoms with E-state index >= 15 is 0 Å². The summed E-state index contributed by atoms with van der Waals surface area (Å²) in [5.74, 6) is 0.715. The maximum atomic E-state index is 12.9. The quantitative estimate of drug-likeness (QED) is 0.861. The third kappa shape index (κ3) is 3.26. The average molecular weight is 331 g/mol. The molecule has 0 saturated carbocycles. The van der Waals surface area contributed by atoms with E-state index in [0.29, 0.717) is 12.0 Å². The van der Waals surface area contributed by atoms with Gasteiger partial charge in [0.25, 0.3) is 5.91 Å². The Kier molecular flexibility index (Phi) is 4.69. The van der Waals surface area contributed by atoms with Gasteiger partial charge in [-0.25, -0.2) is 4.98 Å². The number of fused-ring (bicyclic) bond motifs is 1. The van der Waals surface area contributed by atoms with Crippen LogP contribution in [0.1, 0.15) is 35.1 Å². The monoisotopic (exact) mass is 331 g/mol. The summed E-state index contributed by atoms with van der Waals surface area (Å²) in [7, 11) is 4.23. The molecular weight excluding hydrogens is 306 g/mol. The van der Waals surface area contributed by atoms with E-state index in [-0.39, 0.29) is 5.91 Å². The number of benzene rings is 1. The zero-order chi connectivity index (χ0) is 16.6. The third-order valence-corrected chi connectivity index (χ3v) is 5.71. The summed E-state index contributed by atoms with van der Waals surface area (Å²) in [5, 5.41) is 1.04. The van der Waals surface area contributed by atoms with Gasteiger partial charge in [-0.05, 0) is 51.6 Å². The lowest BCUT2D eigenvalue weighted by Gasteiger charge is -2.24. The first kappa shape index (κ1) is 16.4. The summed E-state index contributed by atoms with van der Waals surface area (Å²) in [6, 6.07) is 6.37. The number of carbonyl (C=O) groups is 1. The second-order valence-electron chi connectivity index (χ2n) is 6.71. The fourth-order valence-electron chi connectivity index (χ4n) is 3.62. The molecule has 1 aromatic carbocycles. The molecule has 0 N–H and O–H groups in total. The first-order chi connectivity index (χ1) is 11.0. The highest BCUT2D eigenvalue weighted by atomic mass is 32.1. The number of thiazole rings is 1. The molecule has 0 spiro atoms. The van der Waals surface area contributed by atoms with Crippen LogP contribution in [0.2, 0.25) is 0 Å². The maximum Gasteiger partial charge on any atom is 0.253 e. The molecule has 1 fully saturated rings. The Balaban J connectivity index is 1.81. The first-order valence-corrected chi connectivity index (χ1v) is 9.14. The SMILES string of the molecule is CCC[C@@H]1CN(C(=O)c2ccc3sc(C)nc3c2)C[C@H]1N(C)C. The van der Waals surface area contributed by atoms with Crippen LogP contribution in [0.15, 0.2) is 18.2 Å². The normalized spacial score (nSPS) is 21.5. The van der Waals surface area contributed by atoms with Gasteiger partial charge in [-0.1, -0.05) is 13.3 Å². The number of aryl methyl sites for hydroxylation is 1.